The number of aliphatic hydroxyl groups is 1. The van der Waals surface area contributed by atoms with Crippen molar-refractivity contribution in [3.63, 3.8) is 0 Å². The summed E-state index contributed by atoms with van der Waals surface area (Å²) < 4.78 is 28.4. The fourth-order valence-corrected chi connectivity index (χ4v) is 2.95. The van der Waals surface area contributed by atoms with E-state index >= 15 is 0 Å². The predicted molar refractivity (Wildman–Crippen MR) is 101 cm³/mol. The van der Waals surface area contributed by atoms with Gasteiger partial charge in [0.2, 0.25) is 0 Å². The third-order valence-corrected chi connectivity index (χ3v) is 4.41. The predicted octanol–water partition coefficient (Wildman–Crippen LogP) is 1.21. The molecule has 0 bridgehead atoms. The first-order valence-electron chi connectivity index (χ1n) is 8.67. The van der Waals surface area contributed by atoms with E-state index in [-0.39, 0.29) is 16.9 Å². The summed E-state index contributed by atoms with van der Waals surface area (Å²) in [6.07, 6.45) is -2.94. The number of hydrogen-bond acceptors (Lipinski definition) is 5. The molecule has 2 heterocycles. The summed E-state index contributed by atoms with van der Waals surface area (Å²) in [4.78, 5) is 25.0. The maximum absolute atomic E-state index is 13.0. The van der Waals surface area contributed by atoms with Crippen molar-refractivity contribution in [1.29, 1.82) is 0 Å². The van der Waals surface area contributed by atoms with Crippen molar-refractivity contribution < 1.29 is 18.7 Å². The van der Waals surface area contributed by atoms with Gasteiger partial charge in [0, 0.05) is 24.6 Å². The van der Waals surface area contributed by atoms with Crippen LogP contribution in [0.4, 0.5) is 8.78 Å². The molecule has 1 aromatic carbocycles. The molecule has 2 aromatic heterocycles. The molecule has 10 heteroatoms. The maximum Gasteiger partial charge on any atom is 0.284 e. The Hall–Kier alpha value is -3.40. The number of carbonyl (C=O) groups is 1. The lowest BCUT2D eigenvalue weighted by Gasteiger charge is -2.17. The number of aryl methyl sites for hydroxylation is 2. The molecule has 1 unspecified atom stereocenters. The Morgan fingerprint density at radius 3 is 2.45 bits per heavy atom. The minimum Gasteiger partial charge on any atom is -0.387 e. The second-order valence-electron chi connectivity index (χ2n) is 6.63. The van der Waals surface area contributed by atoms with Gasteiger partial charge in [-0.15, -0.1) is 0 Å². The molecular weight excluding hydrogens is 384 g/mol. The highest BCUT2D eigenvalue weighted by molar-refractivity contribution is 5.95. The second kappa shape index (κ2) is 7.92. The Labute approximate surface area is 164 Å². The molecule has 1 amide bonds. The van der Waals surface area contributed by atoms with E-state index in [0.717, 1.165) is 10.2 Å². The Kier molecular flexibility index (Phi) is 5.55. The Bertz CT molecular complexity index is 1110. The normalized spacial score (nSPS) is 12.3. The van der Waals surface area contributed by atoms with E-state index in [1.807, 2.05) is 6.92 Å². The van der Waals surface area contributed by atoms with Crippen LogP contribution in [0.25, 0.3) is 16.9 Å². The number of amides is 1. The Morgan fingerprint density at radius 2 is 1.93 bits per heavy atom. The van der Waals surface area contributed by atoms with Gasteiger partial charge in [0.25, 0.3) is 17.9 Å². The zero-order valence-corrected chi connectivity index (χ0v) is 15.7. The van der Waals surface area contributed by atoms with Gasteiger partial charge in [0.05, 0.1) is 18.1 Å². The fourth-order valence-electron chi connectivity index (χ4n) is 2.95. The summed E-state index contributed by atoms with van der Waals surface area (Å²) in [6.45, 7) is 1.87. The first kappa shape index (κ1) is 20.3. The molecule has 0 aliphatic heterocycles. The van der Waals surface area contributed by atoms with Gasteiger partial charge in [-0.05, 0) is 6.92 Å². The van der Waals surface area contributed by atoms with Crippen molar-refractivity contribution in [2.45, 2.75) is 25.9 Å². The van der Waals surface area contributed by atoms with Gasteiger partial charge >= 0.3 is 0 Å². The van der Waals surface area contributed by atoms with Crippen LogP contribution < -0.4 is 11.3 Å². The number of primary amides is 1. The zero-order chi connectivity index (χ0) is 21.3. The number of nitrogens with zero attached hydrogens (tertiary/aromatic N) is 4. The molecule has 3 rings (SSSR count). The van der Waals surface area contributed by atoms with Crippen LogP contribution in [0, 0.1) is 6.92 Å². The van der Waals surface area contributed by atoms with Crippen molar-refractivity contribution >= 4 is 5.91 Å². The first-order chi connectivity index (χ1) is 13.7. The monoisotopic (exact) mass is 403 g/mol. The van der Waals surface area contributed by atoms with E-state index in [2.05, 4.69) is 10.2 Å². The highest BCUT2D eigenvalue weighted by Crippen LogP contribution is 2.26. The van der Waals surface area contributed by atoms with Crippen LogP contribution in [0.1, 0.15) is 21.5 Å². The molecule has 0 radical (unpaired) electrons. The number of benzene rings is 1. The van der Waals surface area contributed by atoms with Crippen LogP contribution in [-0.2, 0) is 13.5 Å². The summed E-state index contributed by atoms with van der Waals surface area (Å²) in [6, 6.07) is 6.90. The molecule has 0 fully saturated rings. The summed E-state index contributed by atoms with van der Waals surface area (Å²) >= 11 is 0. The van der Waals surface area contributed by atoms with Gasteiger partial charge < -0.3 is 10.8 Å². The lowest BCUT2D eigenvalue weighted by molar-refractivity contribution is -0.00374. The molecule has 152 valence electrons. The topological polar surface area (TPSA) is 116 Å². The van der Waals surface area contributed by atoms with Gasteiger partial charge in [-0.25, -0.2) is 8.78 Å². The number of halogens is 2. The van der Waals surface area contributed by atoms with E-state index in [1.165, 1.54) is 17.1 Å². The summed E-state index contributed by atoms with van der Waals surface area (Å²) in [5.41, 5.74) is 5.71. The standard InChI is InChI=1S/C19H19F2N5O3/c1-10-3-5-11(6-4-10)16-13(7-14(27)17(20)21)15(18(22)28)19(29)26(24-16)12-8-23-25(2)9-12/h3-6,8-9,14,17,27H,7H2,1-2H3,(H2,22,28). The molecule has 3 N–H and O–H groups in total. The maximum atomic E-state index is 13.0. The molecule has 0 saturated carbocycles. The summed E-state index contributed by atoms with van der Waals surface area (Å²) in [7, 11) is 1.64. The molecule has 0 aliphatic rings. The van der Waals surface area contributed by atoms with Crippen LogP contribution >= 0.6 is 0 Å². The van der Waals surface area contributed by atoms with Gasteiger partial charge in [-0.1, -0.05) is 29.8 Å². The van der Waals surface area contributed by atoms with E-state index in [9.17, 15) is 23.5 Å². The second-order valence-corrected chi connectivity index (χ2v) is 6.63. The van der Waals surface area contributed by atoms with Crippen molar-refractivity contribution in [1.82, 2.24) is 19.6 Å². The Morgan fingerprint density at radius 1 is 1.28 bits per heavy atom. The molecule has 1 atom stereocenters. The highest BCUT2D eigenvalue weighted by atomic mass is 19.3. The molecule has 3 aromatic rings. The average Bonchev–Trinajstić information content (AvgIpc) is 3.08. The fraction of sp³-hybridized carbons (Fsp3) is 0.263. The third kappa shape index (κ3) is 4.06. The molecule has 29 heavy (non-hydrogen) atoms. The van der Waals surface area contributed by atoms with Crippen LogP contribution in [0.5, 0.6) is 0 Å². The van der Waals surface area contributed by atoms with E-state index in [1.54, 1.807) is 31.3 Å². The zero-order valence-electron chi connectivity index (χ0n) is 15.7. The summed E-state index contributed by atoms with van der Waals surface area (Å²) in [5.74, 6) is -1.10. The smallest absolute Gasteiger partial charge is 0.284 e. The quantitative estimate of drug-likeness (QED) is 0.642. The Balaban J connectivity index is 2.35. The average molecular weight is 403 g/mol. The van der Waals surface area contributed by atoms with Gasteiger partial charge in [0.15, 0.2) is 0 Å². The number of aliphatic hydroxyl groups excluding tert-OH is 1. The van der Waals surface area contributed by atoms with Gasteiger partial charge in [0.1, 0.15) is 17.4 Å². The number of carbonyl (C=O) groups excluding carboxylic acids is 1. The van der Waals surface area contributed by atoms with Crippen LogP contribution in [0.15, 0.2) is 41.5 Å². The number of nitrogens with two attached hydrogens (primary N) is 1. The molecule has 0 saturated heterocycles. The molecule has 0 aliphatic carbocycles. The van der Waals surface area contributed by atoms with Crippen molar-refractivity contribution in [3.8, 4) is 16.9 Å². The number of rotatable bonds is 6. The molecule has 8 nitrogen and oxygen atoms in total. The SMILES string of the molecule is Cc1ccc(-c2nn(-c3cnn(C)c3)c(=O)c(C(N)=O)c2CC(O)C(F)F)cc1. The first-order valence-corrected chi connectivity index (χ1v) is 8.67. The third-order valence-electron chi connectivity index (χ3n) is 4.41. The van der Waals surface area contributed by atoms with Crippen LogP contribution in [0.2, 0.25) is 0 Å². The van der Waals surface area contributed by atoms with Crippen molar-refractivity contribution in [3.05, 3.63) is 63.7 Å². The van der Waals surface area contributed by atoms with Crippen LogP contribution in [0.3, 0.4) is 0 Å². The van der Waals surface area contributed by atoms with Gasteiger partial charge in [-0.3, -0.25) is 14.3 Å². The molecule has 0 spiro atoms. The molecular formula is C19H19F2N5O3. The number of aromatic nitrogens is 4. The lowest BCUT2D eigenvalue weighted by Crippen LogP contribution is -2.35. The lowest BCUT2D eigenvalue weighted by atomic mass is 9.96. The van der Waals surface area contributed by atoms with E-state index in [0.29, 0.717) is 5.56 Å². The minimum atomic E-state index is -3.07. The minimum absolute atomic E-state index is 0.0990. The van der Waals surface area contributed by atoms with E-state index < -0.39 is 36.0 Å². The van der Waals surface area contributed by atoms with Crippen molar-refractivity contribution in [2.75, 3.05) is 0 Å². The number of hydrogen-bond donors (Lipinski definition) is 2. The van der Waals surface area contributed by atoms with E-state index in [4.69, 9.17) is 5.73 Å². The number of alkyl halides is 2. The van der Waals surface area contributed by atoms with Gasteiger partial charge in [-0.2, -0.15) is 14.9 Å². The van der Waals surface area contributed by atoms with Crippen molar-refractivity contribution in [2.24, 2.45) is 12.8 Å². The van der Waals surface area contributed by atoms with Crippen LogP contribution in [-0.4, -0.2) is 43.1 Å². The highest BCUT2D eigenvalue weighted by Gasteiger charge is 2.28. The largest absolute Gasteiger partial charge is 0.387 e. The summed E-state index contributed by atoms with van der Waals surface area (Å²) in [5, 5.41) is 18.0.